The third-order valence-electron chi connectivity index (χ3n) is 3.24. The van der Waals surface area contributed by atoms with Crippen molar-refractivity contribution in [3.05, 3.63) is 29.8 Å². The highest BCUT2D eigenvalue weighted by Crippen LogP contribution is 2.22. The lowest BCUT2D eigenvalue weighted by Crippen LogP contribution is -2.40. The van der Waals surface area contributed by atoms with Crippen LogP contribution in [0.15, 0.2) is 18.2 Å². The van der Waals surface area contributed by atoms with Gasteiger partial charge in [0.25, 0.3) is 5.91 Å². The molecule has 2 rings (SSSR count). The van der Waals surface area contributed by atoms with Gasteiger partial charge in [-0.15, -0.1) is 0 Å². The number of carboxylic acids is 1. The van der Waals surface area contributed by atoms with Crippen molar-refractivity contribution in [2.45, 2.75) is 25.4 Å². The molecule has 114 valence electrons. The highest BCUT2D eigenvalue weighted by atomic mass is 19.2. The van der Waals surface area contributed by atoms with E-state index < -0.39 is 29.6 Å². The molecule has 0 spiro atoms. The van der Waals surface area contributed by atoms with Gasteiger partial charge in [0.1, 0.15) is 6.10 Å². The van der Waals surface area contributed by atoms with Crippen LogP contribution in [0.4, 0.5) is 14.5 Å². The molecule has 1 aliphatic heterocycles. The lowest BCUT2D eigenvalue weighted by Gasteiger charge is -2.25. The zero-order chi connectivity index (χ0) is 15.4. The van der Waals surface area contributed by atoms with E-state index in [0.717, 1.165) is 23.5 Å². The Labute approximate surface area is 120 Å². The average Bonchev–Trinajstić information content (AvgIpc) is 2.96. The summed E-state index contributed by atoms with van der Waals surface area (Å²) in [4.78, 5) is 24.2. The van der Waals surface area contributed by atoms with Crippen molar-refractivity contribution in [1.82, 2.24) is 0 Å². The van der Waals surface area contributed by atoms with E-state index in [1.807, 2.05) is 0 Å². The molecule has 1 aromatic rings. The predicted molar refractivity (Wildman–Crippen MR) is 69.9 cm³/mol. The highest BCUT2D eigenvalue weighted by molar-refractivity contribution is 5.97. The molecule has 1 heterocycles. The molecule has 1 unspecified atom stereocenters. The Morgan fingerprint density at radius 2 is 2.10 bits per heavy atom. The highest BCUT2D eigenvalue weighted by Gasteiger charge is 2.29. The maximum Gasteiger partial charge on any atom is 0.305 e. The minimum Gasteiger partial charge on any atom is -0.481 e. The van der Waals surface area contributed by atoms with Gasteiger partial charge < -0.3 is 14.7 Å². The number of hydrogen-bond donors (Lipinski definition) is 1. The molecule has 0 aromatic heterocycles. The van der Waals surface area contributed by atoms with Gasteiger partial charge in [0.2, 0.25) is 0 Å². The monoisotopic (exact) mass is 299 g/mol. The van der Waals surface area contributed by atoms with Crippen molar-refractivity contribution in [3.8, 4) is 0 Å². The molecular weight excluding hydrogens is 284 g/mol. The van der Waals surface area contributed by atoms with Crippen molar-refractivity contribution in [2.75, 3.05) is 18.1 Å². The van der Waals surface area contributed by atoms with Gasteiger partial charge in [0.05, 0.1) is 6.42 Å². The van der Waals surface area contributed by atoms with Crippen molar-refractivity contribution in [2.24, 2.45) is 0 Å². The summed E-state index contributed by atoms with van der Waals surface area (Å²) >= 11 is 0. The van der Waals surface area contributed by atoms with Gasteiger partial charge in [0, 0.05) is 24.9 Å². The van der Waals surface area contributed by atoms with Gasteiger partial charge in [-0.1, -0.05) is 0 Å². The van der Waals surface area contributed by atoms with Crippen LogP contribution in [-0.4, -0.2) is 36.2 Å². The first-order valence-electron chi connectivity index (χ1n) is 6.59. The molecule has 0 saturated carbocycles. The van der Waals surface area contributed by atoms with Crippen LogP contribution >= 0.6 is 0 Å². The summed E-state index contributed by atoms with van der Waals surface area (Å²) in [5, 5.41) is 8.75. The summed E-state index contributed by atoms with van der Waals surface area (Å²) in [6.45, 7) is 0.333. The number of hydrogen-bond acceptors (Lipinski definition) is 3. The number of amides is 1. The van der Waals surface area contributed by atoms with Crippen LogP contribution in [0.25, 0.3) is 0 Å². The lowest BCUT2D eigenvalue weighted by atomic mass is 10.2. The van der Waals surface area contributed by atoms with Crippen LogP contribution in [-0.2, 0) is 14.3 Å². The minimum atomic E-state index is -1.09. The Morgan fingerprint density at radius 1 is 1.33 bits per heavy atom. The largest absolute Gasteiger partial charge is 0.481 e. The number of carbonyl (C=O) groups is 2. The molecule has 1 amide bonds. The first kappa shape index (κ1) is 15.4. The molecule has 1 atom stereocenters. The molecule has 21 heavy (non-hydrogen) atoms. The first-order valence-corrected chi connectivity index (χ1v) is 6.59. The average molecular weight is 299 g/mol. The summed E-state index contributed by atoms with van der Waals surface area (Å²) < 4.78 is 31.6. The molecule has 1 fully saturated rings. The fraction of sp³-hybridized carbons (Fsp3) is 0.429. The number of anilines is 1. The van der Waals surface area contributed by atoms with E-state index in [-0.39, 0.29) is 18.7 Å². The predicted octanol–water partition coefficient (Wildman–Crippen LogP) is 1.95. The van der Waals surface area contributed by atoms with E-state index in [0.29, 0.717) is 13.0 Å². The van der Waals surface area contributed by atoms with Crippen molar-refractivity contribution < 1.29 is 28.2 Å². The van der Waals surface area contributed by atoms with E-state index >= 15 is 0 Å². The number of carbonyl (C=O) groups excluding carboxylic acids is 1. The summed E-state index contributed by atoms with van der Waals surface area (Å²) in [6.07, 6.45) is 0.316. The fourth-order valence-electron chi connectivity index (χ4n) is 2.17. The summed E-state index contributed by atoms with van der Waals surface area (Å²) in [7, 11) is 0. The molecule has 1 saturated heterocycles. The van der Waals surface area contributed by atoms with Crippen LogP contribution in [0.5, 0.6) is 0 Å². The number of rotatable bonds is 5. The smallest absolute Gasteiger partial charge is 0.305 e. The van der Waals surface area contributed by atoms with Crippen molar-refractivity contribution >= 4 is 17.6 Å². The molecule has 0 bridgehead atoms. The summed E-state index contributed by atoms with van der Waals surface area (Å²) in [5.74, 6) is -3.63. The quantitative estimate of drug-likeness (QED) is 0.902. The van der Waals surface area contributed by atoms with Gasteiger partial charge in [-0.05, 0) is 25.0 Å². The topological polar surface area (TPSA) is 66.8 Å². The Balaban J connectivity index is 2.23. The molecule has 1 N–H and O–H groups in total. The van der Waals surface area contributed by atoms with Crippen LogP contribution < -0.4 is 4.90 Å². The second-order valence-corrected chi connectivity index (χ2v) is 4.73. The van der Waals surface area contributed by atoms with Crippen LogP contribution in [0.2, 0.25) is 0 Å². The van der Waals surface area contributed by atoms with Crippen LogP contribution in [0.3, 0.4) is 0 Å². The third-order valence-corrected chi connectivity index (χ3v) is 3.24. The van der Waals surface area contributed by atoms with Crippen molar-refractivity contribution in [1.29, 1.82) is 0 Å². The maximum absolute atomic E-state index is 13.3. The molecule has 1 aromatic carbocycles. The van der Waals surface area contributed by atoms with E-state index in [4.69, 9.17) is 9.84 Å². The standard InChI is InChI=1S/C14H15F2NO4/c15-10-4-3-9(8-11(10)16)17(6-5-13(18)19)14(20)12-2-1-7-21-12/h3-4,8,12H,1-2,5-7H2,(H,18,19). The number of halogens is 2. The fourth-order valence-corrected chi connectivity index (χ4v) is 2.17. The van der Waals surface area contributed by atoms with E-state index in [1.165, 1.54) is 6.07 Å². The van der Waals surface area contributed by atoms with Gasteiger partial charge in [-0.3, -0.25) is 9.59 Å². The van der Waals surface area contributed by atoms with E-state index in [9.17, 15) is 18.4 Å². The maximum atomic E-state index is 13.3. The third kappa shape index (κ3) is 3.75. The Hall–Kier alpha value is -2.02. The second kappa shape index (κ2) is 6.62. The van der Waals surface area contributed by atoms with Gasteiger partial charge in [0.15, 0.2) is 11.6 Å². The molecule has 0 radical (unpaired) electrons. The van der Waals surface area contributed by atoms with Crippen molar-refractivity contribution in [3.63, 3.8) is 0 Å². The molecule has 0 aliphatic carbocycles. The van der Waals surface area contributed by atoms with E-state index in [1.54, 1.807) is 0 Å². The zero-order valence-corrected chi connectivity index (χ0v) is 11.2. The summed E-state index contributed by atoms with van der Waals surface area (Å²) in [6, 6.07) is 3.03. The number of carboxylic acid groups (broad SMARTS) is 1. The molecule has 5 nitrogen and oxygen atoms in total. The first-order chi connectivity index (χ1) is 9.99. The van der Waals surface area contributed by atoms with Crippen LogP contribution in [0.1, 0.15) is 19.3 Å². The number of ether oxygens (including phenoxy) is 1. The molecular formula is C14H15F2NO4. The minimum absolute atomic E-state index is 0.121. The van der Waals surface area contributed by atoms with Gasteiger partial charge in [-0.2, -0.15) is 0 Å². The van der Waals surface area contributed by atoms with Gasteiger partial charge in [-0.25, -0.2) is 8.78 Å². The van der Waals surface area contributed by atoms with E-state index in [2.05, 4.69) is 0 Å². The Morgan fingerprint density at radius 3 is 2.67 bits per heavy atom. The normalized spacial score (nSPS) is 17.7. The number of aliphatic carboxylic acids is 1. The SMILES string of the molecule is O=C(O)CCN(C(=O)C1CCCO1)c1ccc(F)c(F)c1. The summed E-state index contributed by atoms with van der Waals surface area (Å²) in [5.41, 5.74) is 0.121. The molecule has 7 heteroatoms. The number of benzene rings is 1. The second-order valence-electron chi connectivity index (χ2n) is 4.73. The lowest BCUT2D eigenvalue weighted by molar-refractivity contribution is -0.136. The zero-order valence-electron chi connectivity index (χ0n) is 11.2. The Kier molecular flexibility index (Phi) is 4.85. The van der Waals surface area contributed by atoms with Gasteiger partial charge >= 0.3 is 5.97 Å². The van der Waals surface area contributed by atoms with Crippen LogP contribution in [0, 0.1) is 11.6 Å². The Bertz CT molecular complexity index is 544. The number of nitrogens with zero attached hydrogens (tertiary/aromatic N) is 1. The molecule has 1 aliphatic rings.